The highest BCUT2D eigenvalue weighted by Crippen LogP contribution is 2.17. The van der Waals surface area contributed by atoms with E-state index in [0.717, 1.165) is 16.2 Å². The second-order valence-electron chi connectivity index (χ2n) is 10.4. The van der Waals surface area contributed by atoms with Gasteiger partial charge in [-0.25, -0.2) is 14.4 Å². The third-order valence-electron chi connectivity index (χ3n) is 6.52. The second-order valence-corrected chi connectivity index (χ2v) is 11.7. The van der Waals surface area contributed by atoms with Gasteiger partial charge in [0, 0.05) is 23.3 Å². The van der Waals surface area contributed by atoms with Crippen molar-refractivity contribution >= 4 is 58.2 Å². The van der Waals surface area contributed by atoms with E-state index in [9.17, 15) is 28.8 Å². The molecule has 0 aromatic heterocycles. The summed E-state index contributed by atoms with van der Waals surface area (Å²) in [4.78, 5) is 76.2. The average molecular weight is 724 g/mol. The van der Waals surface area contributed by atoms with Gasteiger partial charge in [0.15, 0.2) is 0 Å². The van der Waals surface area contributed by atoms with Gasteiger partial charge in [0.05, 0.1) is 32.5 Å². The molecule has 2 aromatic rings. The summed E-state index contributed by atoms with van der Waals surface area (Å²) in [5, 5.41) is 8.01. The number of amides is 3. The fraction of sp³-hybridized carbons (Fsp3) is 0.419. The molecule has 0 spiro atoms. The molecule has 0 unspecified atom stereocenters. The van der Waals surface area contributed by atoms with Crippen molar-refractivity contribution in [2.45, 2.75) is 58.2 Å². The minimum atomic E-state index is -1.17. The van der Waals surface area contributed by atoms with E-state index < -0.39 is 53.8 Å². The van der Waals surface area contributed by atoms with Crippen LogP contribution in [0.5, 0.6) is 0 Å². The number of methoxy groups -OCH3 is 3. The van der Waals surface area contributed by atoms with Gasteiger partial charge in [-0.05, 0) is 70.3 Å². The average Bonchev–Trinajstić information content (AvgIpc) is 2.99. The fourth-order valence-corrected chi connectivity index (χ4v) is 4.77. The largest absolute Gasteiger partial charge is 0.467 e. The van der Waals surface area contributed by atoms with Crippen molar-refractivity contribution < 1.29 is 43.0 Å². The van der Waals surface area contributed by atoms with E-state index in [1.54, 1.807) is 0 Å². The van der Waals surface area contributed by atoms with Crippen molar-refractivity contribution in [1.29, 1.82) is 0 Å². The van der Waals surface area contributed by atoms with E-state index in [4.69, 9.17) is 14.2 Å². The van der Waals surface area contributed by atoms with Crippen molar-refractivity contribution in [3.05, 3.63) is 68.3 Å². The first kappa shape index (κ1) is 36.2. The highest BCUT2D eigenvalue weighted by Gasteiger charge is 2.31. The van der Waals surface area contributed by atoms with Crippen molar-refractivity contribution in [3.63, 3.8) is 0 Å². The van der Waals surface area contributed by atoms with Gasteiger partial charge in [0.1, 0.15) is 18.1 Å². The molecule has 238 valence electrons. The smallest absolute Gasteiger partial charge is 0.338 e. The summed E-state index contributed by atoms with van der Waals surface area (Å²) in [5.41, 5.74) is 1.07. The van der Waals surface area contributed by atoms with Crippen LogP contribution in [0.3, 0.4) is 0 Å². The van der Waals surface area contributed by atoms with Gasteiger partial charge in [-0.3, -0.25) is 14.4 Å². The van der Waals surface area contributed by atoms with Gasteiger partial charge >= 0.3 is 17.9 Å². The molecule has 0 heterocycles. The molecule has 44 heavy (non-hydrogen) atoms. The molecule has 3 atom stereocenters. The quantitative estimate of drug-likeness (QED) is 0.151. The van der Waals surface area contributed by atoms with E-state index >= 15 is 0 Å². The number of ether oxygens (including phenoxy) is 3. The van der Waals surface area contributed by atoms with Gasteiger partial charge < -0.3 is 30.2 Å². The number of esters is 3. The molecular formula is C31H38IN3O9. The van der Waals surface area contributed by atoms with E-state index in [1.807, 2.05) is 38.1 Å². The molecular weight excluding hydrogens is 685 g/mol. The maximum Gasteiger partial charge on any atom is 0.338 e. The number of benzene rings is 2. The fourth-order valence-electron chi connectivity index (χ4n) is 4.41. The van der Waals surface area contributed by atoms with E-state index in [0.29, 0.717) is 12.0 Å². The summed E-state index contributed by atoms with van der Waals surface area (Å²) in [6.07, 6.45) is 0.325. The number of carbonyl (C=O) groups is 6. The van der Waals surface area contributed by atoms with E-state index in [-0.39, 0.29) is 29.9 Å². The molecule has 0 saturated carbocycles. The Bertz CT molecular complexity index is 1360. The van der Waals surface area contributed by atoms with Crippen LogP contribution in [0.2, 0.25) is 0 Å². The molecule has 3 N–H and O–H groups in total. The number of halogens is 1. The number of carbonyl (C=O) groups excluding carboxylic acids is 6. The van der Waals surface area contributed by atoms with Crippen molar-refractivity contribution in [2.24, 2.45) is 5.92 Å². The van der Waals surface area contributed by atoms with Gasteiger partial charge in [-0.2, -0.15) is 0 Å². The Hall–Kier alpha value is -4.01. The molecule has 3 amide bonds. The summed E-state index contributed by atoms with van der Waals surface area (Å²) in [5.74, 6) is -3.88. The lowest BCUT2D eigenvalue weighted by Crippen LogP contribution is -2.57. The first-order valence-corrected chi connectivity index (χ1v) is 14.9. The third-order valence-corrected chi connectivity index (χ3v) is 7.24. The summed E-state index contributed by atoms with van der Waals surface area (Å²) < 4.78 is 15.4. The molecule has 0 aliphatic rings. The normalized spacial score (nSPS) is 12.7. The maximum atomic E-state index is 13.6. The Morgan fingerprint density at radius 3 is 1.70 bits per heavy atom. The Balaban J connectivity index is 2.41. The number of hydrogen-bond donors (Lipinski definition) is 3. The Morgan fingerprint density at radius 2 is 1.18 bits per heavy atom. The molecule has 2 aromatic carbocycles. The van der Waals surface area contributed by atoms with Gasteiger partial charge in [0.2, 0.25) is 17.7 Å². The van der Waals surface area contributed by atoms with Gasteiger partial charge in [0.25, 0.3) is 0 Å². The number of rotatable bonds is 14. The van der Waals surface area contributed by atoms with Crippen LogP contribution in [0.25, 0.3) is 0 Å². The summed E-state index contributed by atoms with van der Waals surface area (Å²) in [6.45, 7) is 5.03. The first-order valence-electron chi connectivity index (χ1n) is 13.8. The lowest BCUT2D eigenvalue weighted by molar-refractivity contribution is -0.146. The lowest BCUT2D eigenvalue weighted by Gasteiger charge is -2.25. The molecule has 2 rings (SSSR count). The van der Waals surface area contributed by atoms with E-state index in [1.165, 1.54) is 39.3 Å². The summed E-state index contributed by atoms with van der Waals surface area (Å²) in [6, 6.07) is 8.41. The highest BCUT2D eigenvalue weighted by atomic mass is 127. The lowest BCUT2D eigenvalue weighted by atomic mass is 9.98. The zero-order valence-electron chi connectivity index (χ0n) is 25.5. The van der Waals surface area contributed by atoms with Crippen molar-refractivity contribution in [2.75, 3.05) is 21.3 Å². The second kappa shape index (κ2) is 17.3. The molecule has 0 aliphatic heterocycles. The molecule has 13 heteroatoms. The van der Waals surface area contributed by atoms with Crippen LogP contribution in [-0.4, -0.2) is 75.1 Å². The topological polar surface area (TPSA) is 166 Å². The zero-order chi connectivity index (χ0) is 33.0. The minimum absolute atomic E-state index is 0.0283. The zero-order valence-corrected chi connectivity index (χ0v) is 27.7. The van der Waals surface area contributed by atoms with E-state index in [2.05, 4.69) is 38.5 Å². The van der Waals surface area contributed by atoms with Crippen LogP contribution < -0.4 is 16.0 Å². The van der Waals surface area contributed by atoms with Crippen LogP contribution in [0.15, 0.2) is 42.5 Å². The Morgan fingerprint density at radius 1 is 0.682 bits per heavy atom. The monoisotopic (exact) mass is 723 g/mol. The Labute approximate surface area is 270 Å². The van der Waals surface area contributed by atoms with Crippen molar-refractivity contribution in [3.8, 4) is 0 Å². The van der Waals surface area contributed by atoms with Crippen LogP contribution in [0, 0.1) is 9.49 Å². The first-order chi connectivity index (χ1) is 20.8. The van der Waals surface area contributed by atoms with Crippen molar-refractivity contribution in [1.82, 2.24) is 16.0 Å². The molecule has 0 saturated heterocycles. The SMILES string of the molecule is COC(=O)c1ccc(C[C@@H](NC(C)=O)C(=O)N[C@@H](Cc2ccc(I)cc2)C(=O)N[C@@H](CC(C)C)C(=O)OC)cc1C(=O)OC. The molecule has 0 fully saturated rings. The van der Waals surface area contributed by atoms with Gasteiger partial charge in [-0.15, -0.1) is 0 Å². The van der Waals surface area contributed by atoms with Crippen LogP contribution in [-0.2, 0) is 46.2 Å². The number of nitrogens with one attached hydrogen (secondary N) is 3. The van der Waals surface area contributed by atoms with Gasteiger partial charge in [-0.1, -0.05) is 32.0 Å². The molecule has 12 nitrogen and oxygen atoms in total. The van der Waals surface area contributed by atoms with Crippen LogP contribution in [0.4, 0.5) is 0 Å². The van der Waals surface area contributed by atoms with Crippen LogP contribution >= 0.6 is 22.6 Å². The standard InChI is InChI=1S/C31H38IN3O9/c1-17(2)13-26(31(41)44-6)35-28(38)25(15-19-7-10-21(32)11-8-19)34-27(37)24(33-18(3)36)16-20-9-12-22(29(39)42-4)23(14-20)30(40)43-5/h7-12,14,17,24-26H,13,15-16H2,1-6H3,(H,33,36)(H,34,37)(H,35,38)/t24-,25+,26+/m1/s1. The predicted molar refractivity (Wildman–Crippen MR) is 169 cm³/mol. The predicted octanol–water partition coefficient (Wildman–Crippen LogP) is 2.34. The summed E-state index contributed by atoms with van der Waals surface area (Å²) >= 11 is 2.15. The molecule has 0 aliphatic carbocycles. The van der Waals surface area contributed by atoms with Crippen LogP contribution in [0.1, 0.15) is 59.0 Å². The molecule has 0 radical (unpaired) electrons. The minimum Gasteiger partial charge on any atom is -0.467 e. The number of hydrogen-bond acceptors (Lipinski definition) is 9. The maximum absolute atomic E-state index is 13.6. The molecule has 0 bridgehead atoms. The third kappa shape index (κ3) is 10.9. The summed E-state index contributed by atoms with van der Waals surface area (Å²) in [7, 11) is 3.57. The highest BCUT2D eigenvalue weighted by molar-refractivity contribution is 14.1. The Kier molecular flexibility index (Phi) is 14.2.